The Morgan fingerprint density at radius 1 is 1.35 bits per heavy atom. The monoisotopic (exact) mass is 291 g/mol. The van der Waals surface area contributed by atoms with Gasteiger partial charge in [-0.2, -0.15) is 0 Å². The van der Waals surface area contributed by atoms with E-state index in [1.54, 1.807) is 0 Å². The number of nitrogens with zero attached hydrogens (tertiary/aromatic N) is 2. The number of aryl methyl sites for hydroxylation is 2. The van der Waals surface area contributed by atoms with Crippen LogP contribution >= 0.6 is 12.2 Å². The molecule has 0 saturated carbocycles. The summed E-state index contributed by atoms with van der Waals surface area (Å²) in [6.45, 7) is 10.8. The molecule has 20 heavy (non-hydrogen) atoms. The first kappa shape index (κ1) is 15.2. The number of hydrogen-bond acceptors (Lipinski definition) is 3. The SMILES string of the molecule is Cc1cc(N2CCC(C(C)C)CC2)c(C(N)=S)c(C)n1. The molecule has 1 saturated heterocycles. The van der Waals surface area contributed by atoms with Crippen molar-refractivity contribution in [2.45, 2.75) is 40.5 Å². The van der Waals surface area contributed by atoms with Crippen molar-refractivity contribution in [3.63, 3.8) is 0 Å². The van der Waals surface area contributed by atoms with Crippen LogP contribution in [0.5, 0.6) is 0 Å². The normalized spacial score (nSPS) is 16.8. The fraction of sp³-hybridized carbons (Fsp3) is 0.625. The summed E-state index contributed by atoms with van der Waals surface area (Å²) < 4.78 is 0. The standard InChI is InChI=1S/C16H25N3S/c1-10(2)13-5-7-19(8-6-13)14-9-11(3)18-12(4)15(14)16(17)20/h9-10,13H,5-8H2,1-4H3,(H2,17,20). The molecule has 2 N–H and O–H groups in total. The van der Waals surface area contributed by atoms with Gasteiger partial charge in [0.25, 0.3) is 0 Å². The molecule has 1 fully saturated rings. The molecule has 0 bridgehead atoms. The summed E-state index contributed by atoms with van der Waals surface area (Å²) >= 11 is 5.23. The summed E-state index contributed by atoms with van der Waals surface area (Å²) in [4.78, 5) is 7.38. The van der Waals surface area contributed by atoms with Crippen molar-refractivity contribution in [3.8, 4) is 0 Å². The molecule has 0 aliphatic carbocycles. The van der Waals surface area contributed by atoms with E-state index in [0.717, 1.165) is 41.9 Å². The summed E-state index contributed by atoms with van der Waals surface area (Å²) in [7, 11) is 0. The smallest absolute Gasteiger partial charge is 0.107 e. The minimum atomic E-state index is 0.455. The van der Waals surface area contributed by atoms with Crippen LogP contribution in [0.4, 0.5) is 5.69 Å². The van der Waals surface area contributed by atoms with Crippen molar-refractivity contribution in [2.24, 2.45) is 17.6 Å². The maximum absolute atomic E-state index is 5.91. The first-order chi connectivity index (χ1) is 9.40. The van der Waals surface area contributed by atoms with E-state index in [9.17, 15) is 0 Å². The molecular formula is C16H25N3S. The second kappa shape index (κ2) is 6.08. The van der Waals surface area contributed by atoms with Crippen LogP contribution in [0.25, 0.3) is 0 Å². The number of pyridine rings is 1. The number of thiocarbonyl (C=S) groups is 1. The van der Waals surface area contributed by atoms with Crippen LogP contribution in [0.2, 0.25) is 0 Å². The van der Waals surface area contributed by atoms with Crippen molar-refractivity contribution in [1.82, 2.24) is 4.98 Å². The van der Waals surface area contributed by atoms with Crippen LogP contribution in [-0.4, -0.2) is 23.1 Å². The van der Waals surface area contributed by atoms with Crippen molar-refractivity contribution in [3.05, 3.63) is 23.0 Å². The number of anilines is 1. The fourth-order valence-corrected chi connectivity index (χ4v) is 3.42. The molecule has 1 aliphatic heterocycles. The summed E-state index contributed by atoms with van der Waals surface area (Å²) in [6, 6.07) is 2.12. The van der Waals surface area contributed by atoms with Crippen molar-refractivity contribution >= 4 is 22.9 Å². The van der Waals surface area contributed by atoms with E-state index in [-0.39, 0.29) is 0 Å². The molecule has 2 rings (SSSR count). The molecule has 0 radical (unpaired) electrons. The minimum Gasteiger partial charge on any atom is -0.389 e. The van der Waals surface area contributed by atoms with Gasteiger partial charge in [-0.3, -0.25) is 4.98 Å². The van der Waals surface area contributed by atoms with Crippen LogP contribution in [0.3, 0.4) is 0 Å². The summed E-state index contributed by atoms with van der Waals surface area (Å²) in [5, 5.41) is 0. The average molecular weight is 291 g/mol. The van der Waals surface area contributed by atoms with Gasteiger partial charge in [-0.25, -0.2) is 0 Å². The Morgan fingerprint density at radius 3 is 2.45 bits per heavy atom. The van der Waals surface area contributed by atoms with E-state index in [4.69, 9.17) is 18.0 Å². The van der Waals surface area contributed by atoms with Gasteiger partial charge in [0.1, 0.15) is 4.99 Å². The zero-order chi connectivity index (χ0) is 14.9. The Morgan fingerprint density at radius 2 is 1.95 bits per heavy atom. The molecule has 1 aliphatic rings. The second-order valence-electron chi connectivity index (χ2n) is 6.18. The minimum absolute atomic E-state index is 0.455. The summed E-state index contributed by atoms with van der Waals surface area (Å²) in [5.41, 5.74) is 10.0. The van der Waals surface area contributed by atoms with E-state index in [0.29, 0.717) is 4.99 Å². The van der Waals surface area contributed by atoms with Crippen LogP contribution in [0, 0.1) is 25.7 Å². The van der Waals surface area contributed by atoms with Crippen LogP contribution in [0.1, 0.15) is 43.6 Å². The fourth-order valence-electron chi connectivity index (χ4n) is 3.17. The summed E-state index contributed by atoms with van der Waals surface area (Å²) in [6.07, 6.45) is 2.49. The Labute approximate surface area is 127 Å². The quantitative estimate of drug-likeness (QED) is 0.868. The molecule has 110 valence electrons. The van der Waals surface area contributed by atoms with Crippen LogP contribution < -0.4 is 10.6 Å². The van der Waals surface area contributed by atoms with E-state index < -0.39 is 0 Å². The topological polar surface area (TPSA) is 42.1 Å². The molecule has 1 aromatic rings. The largest absolute Gasteiger partial charge is 0.389 e. The molecule has 3 nitrogen and oxygen atoms in total. The maximum atomic E-state index is 5.91. The molecule has 0 atom stereocenters. The number of hydrogen-bond donors (Lipinski definition) is 1. The predicted octanol–water partition coefficient (Wildman–Crippen LogP) is 3.21. The van der Waals surface area contributed by atoms with E-state index in [2.05, 4.69) is 29.8 Å². The first-order valence-corrected chi connectivity index (χ1v) is 7.84. The molecular weight excluding hydrogens is 266 g/mol. The lowest BCUT2D eigenvalue weighted by atomic mass is 9.86. The summed E-state index contributed by atoms with van der Waals surface area (Å²) in [5.74, 6) is 1.61. The highest BCUT2D eigenvalue weighted by Gasteiger charge is 2.24. The van der Waals surface area contributed by atoms with Gasteiger partial charge in [0.05, 0.1) is 11.3 Å². The highest BCUT2D eigenvalue weighted by Crippen LogP contribution is 2.31. The highest BCUT2D eigenvalue weighted by atomic mass is 32.1. The van der Waals surface area contributed by atoms with Gasteiger partial charge in [0, 0.05) is 24.5 Å². The lowest BCUT2D eigenvalue weighted by Gasteiger charge is -2.36. The highest BCUT2D eigenvalue weighted by molar-refractivity contribution is 7.80. The number of rotatable bonds is 3. The number of nitrogens with two attached hydrogens (primary N) is 1. The Balaban J connectivity index is 2.27. The van der Waals surface area contributed by atoms with Gasteiger partial charge in [0.2, 0.25) is 0 Å². The van der Waals surface area contributed by atoms with Gasteiger partial charge >= 0.3 is 0 Å². The van der Waals surface area contributed by atoms with Gasteiger partial charge < -0.3 is 10.6 Å². The zero-order valence-corrected chi connectivity index (χ0v) is 13.8. The van der Waals surface area contributed by atoms with Crippen molar-refractivity contribution in [2.75, 3.05) is 18.0 Å². The molecule has 1 aromatic heterocycles. The van der Waals surface area contributed by atoms with Gasteiger partial charge in [-0.05, 0) is 44.6 Å². The molecule has 4 heteroatoms. The van der Waals surface area contributed by atoms with Crippen molar-refractivity contribution in [1.29, 1.82) is 0 Å². The second-order valence-corrected chi connectivity index (χ2v) is 6.62. The van der Waals surface area contributed by atoms with Gasteiger partial charge in [-0.1, -0.05) is 26.1 Å². The maximum Gasteiger partial charge on any atom is 0.107 e. The van der Waals surface area contributed by atoms with E-state index in [1.165, 1.54) is 18.5 Å². The van der Waals surface area contributed by atoms with Crippen LogP contribution in [-0.2, 0) is 0 Å². The van der Waals surface area contributed by atoms with Crippen LogP contribution in [0.15, 0.2) is 6.07 Å². The molecule has 0 amide bonds. The number of piperidine rings is 1. The molecule has 0 spiro atoms. The lowest BCUT2D eigenvalue weighted by Crippen LogP contribution is -2.36. The van der Waals surface area contributed by atoms with Crippen molar-refractivity contribution < 1.29 is 0 Å². The average Bonchev–Trinajstić information content (AvgIpc) is 2.37. The molecule has 0 unspecified atom stereocenters. The third-order valence-corrected chi connectivity index (χ3v) is 4.58. The first-order valence-electron chi connectivity index (χ1n) is 7.43. The lowest BCUT2D eigenvalue weighted by molar-refractivity contribution is 0.311. The molecule has 2 heterocycles. The Kier molecular flexibility index (Phi) is 4.63. The Hall–Kier alpha value is -1.16. The van der Waals surface area contributed by atoms with Gasteiger partial charge in [-0.15, -0.1) is 0 Å². The van der Waals surface area contributed by atoms with E-state index >= 15 is 0 Å². The third kappa shape index (κ3) is 3.11. The third-order valence-electron chi connectivity index (χ3n) is 4.38. The molecule has 0 aromatic carbocycles. The zero-order valence-electron chi connectivity index (χ0n) is 12.9. The predicted molar refractivity (Wildman–Crippen MR) is 89.4 cm³/mol. The van der Waals surface area contributed by atoms with E-state index in [1.807, 2.05) is 13.8 Å². The number of aromatic nitrogens is 1. The Bertz CT molecular complexity index is 503. The van der Waals surface area contributed by atoms with Gasteiger partial charge in [0.15, 0.2) is 0 Å².